The highest BCUT2D eigenvalue weighted by Gasteiger charge is 2.12. The summed E-state index contributed by atoms with van der Waals surface area (Å²) in [5.41, 5.74) is 1.01. The van der Waals surface area contributed by atoms with Gasteiger partial charge >= 0.3 is 5.97 Å². The highest BCUT2D eigenvalue weighted by atomic mass is 79.9. The van der Waals surface area contributed by atoms with E-state index in [9.17, 15) is 9.59 Å². The van der Waals surface area contributed by atoms with Crippen molar-refractivity contribution in [2.75, 3.05) is 0 Å². The molecule has 2 N–H and O–H groups in total. The number of pyridine rings is 1. The molecule has 21 heavy (non-hydrogen) atoms. The molecule has 5 nitrogen and oxygen atoms in total. The van der Waals surface area contributed by atoms with Gasteiger partial charge in [0.25, 0.3) is 5.91 Å². The second kappa shape index (κ2) is 6.69. The van der Waals surface area contributed by atoms with Crippen LogP contribution in [0, 0.1) is 0 Å². The topological polar surface area (TPSA) is 79.3 Å². The molecule has 0 unspecified atom stereocenters. The van der Waals surface area contributed by atoms with Crippen molar-refractivity contribution >= 4 is 39.4 Å². The first-order valence-corrected chi connectivity index (χ1v) is 7.06. The molecule has 0 fully saturated rings. The number of carboxylic acids is 1. The number of benzene rings is 1. The number of hydrogen-bond acceptors (Lipinski definition) is 3. The number of carbonyl (C=O) groups is 2. The molecule has 7 heteroatoms. The second-order valence-corrected chi connectivity index (χ2v) is 5.37. The fourth-order valence-corrected chi connectivity index (χ4v) is 2.19. The van der Waals surface area contributed by atoms with E-state index in [1.807, 2.05) is 0 Å². The smallest absolute Gasteiger partial charge is 0.354 e. The monoisotopic (exact) mass is 368 g/mol. The minimum Gasteiger partial charge on any atom is -0.477 e. The quantitative estimate of drug-likeness (QED) is 0.868. The average Bonchev–Trinajstić information content (AvgIpc) is 2.48. The van der Waals surface area contributed by atoms with Crippen molar-refractivity contribution in [1.82, 2.24) is 10.3 Å². The van der Waals surface area contributed by atoms with Crippen molar-refractivity contribution in [3.63, 3.8) is 0 Å². The summed E-state index contributed by atoms with van der Waals surface area (Å²) in [6.45, 7) is 0.231. The molecule has 2 rings (SSSR count). The van der Waals surface area contributed by atoms with Gasteiger partial charge in [0.2, 0.25) is 0 Å². The summed E-state index contributed by atoms with van der Waals surface area (Å²) in [7, 11) is 0. The third-order valence-corrected chi connectivity index (χ3v) is 3.99. The molecule has 0 saturated carbocycles. The first-order valence-electron chi connectivity index (χ1n) is 5.89. The molecule has 0 radical (unpaired) electrons. The molecule has 0 aliphatic rings. The number of hydrogen-bond donors (Lipinski definition) is 2. The maximum absolute atomic E-state index is 12.0. The third-order valence-electron chi connectivity index (χ3n) is 2.69. The van der Waals surface area contributed by atoms with Gasteiger partial charge in [0.1, 0.15) is 5.69 Å². The van der Waals surface area contributed by atoms with E-state index in [0.29, 0.717) is 20.6 Å². The van der Waals surface area contributed by atoms with E-state index in [2.05, 4.69) is 26.2 Å². The van der Waals surface area contributed by atoms with Crippen LogP contribution >= 0.6 is 27.5 Å². The van der Waals surface area contributed by atoms with E-state index in [4.69, 9.17) is 16.7 Å². The van der Waals surface area contributed by atoms with Crippen LogP contribution in [0.2, 0.25) is 5.02 Å². The van der Waals surface area contributed by atoms with E-state index >= 15 is 0 Å². The van der Waals surface area contributed by atoms with Crippen LogP contribution in [0.1, 0.15) is 26.4 Å². The Morgan fingerprint density at radius 1 is 1.29 bits per heavy atom. The van der Waals surface area contributed by atoms with Gasteiger partial charge in [0, 0.05) is 17.2 Å². The predicted octanol–water partition coefficient (Wildman–Crippen LogP) is 3.13. The molecular formula is C14H10BrClN2O3. The molecule has 0 aliphatic heterocycles. The van der Waals surface area contributed by atoms with E-state index < -0.39 is 5.97 Å². The maximum Gasteiger partial charge on any atom is 0.354 e. The van der Waals surface area contributed by atoms with Crippen molar-refractivity contribution < 1.29 is 14.7 Å². The number of nitrogens with zero attached hydrogens (tertiary/aromatic N) is 1. The number of aromatic nitrogens is 1. The predicted molar refractivity (Wildman–Crippen MR) is 81.5 cm³/mol. The summed E-state index contributed by atoms with van der Waals surface area (Å²) in [4.78, 5) is 26.5. The minimum atomic E-state index is -1.09. The summed E-state index contributed by atoms with van der Waals surface area (Å²) in [5.74, 6) is -1.41. The van der Waals surface area contributed by atoms with Crippen LogP contribution < -0.4 is 5.32 Å². The first-order chi connectivity index (χ1) is 9.99. The van der Waals surface area contributed by atoms with E-state index in [0.717, 1.165) is 0 Å². The van der Waals surface area contributed by atoms with Crippen molar-refractivity contribution in [2.45, 2.75) is 6.54 Å². The Balaban J connectivity index is 2.04. The molecule has 108 valence electrons. The van der Waals surface area contributed by atoms with Crippen molar-refractivity contribution in [3.8, 4) is 0 Å². The Morgan fingerprint density at radius 3 is 2.67 bits per heavy atom. The molecule has 0 aliphatic carbocycles. The SMILES string of the molecule is O=C(O)c1ccc(CNC(=O)c2cccc(Br)c2Cl)cn1. The van der Waals surface area contributed by atoms with Crippen LogP contribution in [-0.2, 0) is 6.54 Å². The van der Waals surface area contributed by atoms with Gasteiger partial charge in [-0.05, 0) is 39.7 Å². The molecule has 0 spiro atoms. The zero-order chi connectivity index (χ0) is 15.4. The van der Waals surface area contributed by atoms with E-state index in [1.54, 1.807) is 24.3 Å². The number of amides is 1. The van der Waals surface area contributed by atoms with Crippen molar-refractivity contribution in [2.24, 2.45) is 0 Å². The van der Waals surface area contributed by atoms with Crippen molar-refractivity contribution in [1.29, 1.82) is 0 Å². The van der Waals surface area contributed by atoms with Gasteiger partial charge in [0.15, 0.2) is 0 Å². The first kappa shape index (κ1) is 15.5. The standard InChI is InChI=1S/C14H10BrClN2O3/c15-10-3-1-2-9(12(10)16)13(19)18-7-8-4-5-11(14(20)21)17-6-8/h1-6H,7H2,(H,18,19)(H,20,21). The van der Waals surface area contributed by atoms with Gasteiger partial charge in [-0.3, -0.25) is 4.79 Å². The number of halogens is 2. The lowest BCUT2D eigenvalue weighted by Crippen LogP contribution is -2.23. The van der Waals surface area contributed by atoms with Gasteiger partial charge in [-0.1, -0.05) is 23.7 Å². The number of carboxylic acid groups (broad SMARTS) is 1. The molecule has 1 aromatic carbocycles. The molecule has 2 aromatic rings. The molecule has 0 saturated heterocycles. The molecule has 1 aromatic heterocycles. The fourth-order valence-electron chi connectivity index (χ4n) is 1.61. The van der Waals surface area contributed by atoms with Crippen LogP contribution in [0.3, 0.4) is 0 Å². The molecular weight excluding hydrogens is 360 g/mol. The highest BCUT2D eigenvalue weighted by molar-refractivity contribution is 9.10. The molecule has 0 atom stereocenters. The van der Waals surface area contributed by atoms with Gasteiger partial charge in [-0.2, -0.15) is 0 Å². The largest absolute Gasteiger partial charge is 0.477 e. The molecule has 1 amide bonds. The number of carbonyl (C=O) groups excluding carboxylic acids is 1. The third kappa shape index (κ3) is 3.80. The summed E-state index contributed by atoms with van der Waals surface area (Å²) < 4.78 is 0.643. The summed E-state index contributed by atoms with van der Waals surface area (Å²) >= 11 is 9.29. The molecule has 1 heterocycles. The van der Waals surface area contributed by atoms with Gasteiger partial charge < -0.3 is 10.4 Å². The lowest BCUT2D eigenvalue weighted by molar-refractivity contribution is 0.0690. The van der Waals surface area contributed by atoms with Gasteiger partial charge in [0.05, 0.1) is 10.6 Å². The second-order valence-electron chi connectivity index (χ2n) is 4.14. The van der Waals surface area contributed by atoms with E-state index in [-0.39, 0.29) is 18.1 Å². The lowest BCUT2D eigenvalue weighted by Gasteiger charge is -2.07. The Bertz CT molecular complexity index is 689. The van der Waals surface area contributed by atoms with Crippen LogP contribution in [0.5, 0.6) is 0 Å². The average molecular weight is 370 g/mol. The summed E-state index contributed by atoms with van der Waals surface area (Å²) in [5, 5.41) is 11.8. The van der Waals surface area contributed by atoms with Crippen molar-refractivity contribution in [3.05, 3.63) is 62.8 Å². The van der Waals surface area contributed by atoms with E-state index in [1.165, 1.54) is 12.3 Å². The van der Waals surface area contributed by atoms with Crippen LogP contribution in [-0.4, -0.2) is 22.0 Å². The Kier molecular flexibility index (Phi) is 4.93. The Morgan fingerprint density at radius 2 is 2.05 bits per heavy atom. The summed E-state index contributed by atoms with van der Waals surface area (Å²) in [6.07, 6.45) is 1.41. The zero-order valence-corrected chi connectivity index (χ0v) is 13.0. The Labute approximate surface area is 134 Å². The van der Waals surface area contributed by atoms with Crippen LogP contribution in [0.15, 0.2) is 41.0 Å². The van der Waals surface area contributed by atoms with Gasteiger partial charge in [-0.25, -0.2) is 9.78 Å². The minimum absolute atomic E-state index is 0.0416. The van der Waals surface area contributed by atoms with Gasteiger partial charge in [-0.15, -0.1) is 0 Å². The Hall–Kier alpha value is -1.92. The molecule has 0 bridgehead atoms. The fraction of sp³-hybridized carbons (Fsp3) is 0.0714. The number of nitrogens with one attached hydrogen (secondary N) is 1. The number of aromatic carboxylic acids is 1. The number of rotatable bonds is 4. The van der Waals surface area contributed by atoms with Crippen LogP contribution in [0.4, 0.5) is 0 Å². The van der Waals surface area contributed by atoms with Crippen LogP contribution in [0.25, 0.3) is 0 Å². The lowest BCUT2D eigenvalue weighted by atomic mass is 10.2. The summed E-state index contributed by atoms with van der Waals surface area (Å²) in [6, 6.07) is 8.06. The highest BCUT2D eigenvalue weighted by Crippen LogP contribution is 2.25. The zero-order valence-electron chi connectivity index (χ0n) is 10.6. The maximum atomic E-state index is 12.0. The normalized spacial score (nSPS) is 10.2.